The quantitative estimate of drug-likeness (QED) is 0.750. The molecule has 0 aliphatic carbocycles. The number of hydrogen-bond donors (Lipinski definition) is 2. The van der Waals surface area contributed by atoms with Crippen LogP contribution >= 0.6 is 0 Å². The number of nitrogens with zero attached hydrogens (tertiary/aromatic N) is 2. The second kappa shape index (κ2) is 6.99. The molecule has 120 valence electrons. The lowest BCUT2D eigenvalue weighted by Gasteiger charge is -2.09. The maximum absolute atomic E-state index is 14.2. The summed E-state index contributed by atoms with van der Waals surface area (Å²) in [6.45, 7) is 5.29. The molecule has 2 aromatic rings. The number of hydrogen-bond acceptors (Lipinski definition) is 4. The molecule has 0 aliphatic rings. The van der Waals surface area contributed by atoms with Crippen LogP contribution in [-0.2, 0) is 10.0 Å². The summed E-state index contributed by atoms with van der Waals surface area (Å²) >= 11 is 0. The lowest BCUT2D eigenvalue weighted by Crippen LogP contribution is -2.31. The van der Waals surface area contributed by atoms with Crippen LogP contribution in [0.2, 0.25) is 0 Å². The van der Waals surface area contributed by atoms with Crippen molar-refractivity contribution in [3.63, 3.8) is 0 Å². The average molecular weight is 326 g/mol. The van der Waals surface area contributed by atoms with Crippen LogP contribution < -0.4 is 10.0 Å². The van der Waals surface area contributed by atoms with Crippen LogP contribution in [0.1, 0.15) is 12.5 Å². The Morgan fingerprint density at radius 3 is 2.68 bits per heavy atom. The molecule has 0 fully saturated rings. The molecule has 0 radical (unpaired) electrons. The van der Waals surface area contributed by atoms with Gasteiger partial charge in [0.15, 0.2) is 0 Å². The molecule has 0 bridgehead atoms. The van der Waals surface area contributed by atoms with E-state index in [2.05, 4.69) is 15.1 Å². The summed E-state index contributed by atoms with van der Waals surface area (Å²) in [7, 11) is -3.72. The number of aromatic nitrogens is 2. The molecule has 2 rings (SSSR count). The van der Waals surface area contributed by atoms with Crippen LogP contribution in [0, 0.1) is 12.7 Å². The summed E-state index contributed by atoms with van der Waals surface area (Å²) in [6.07, 6.45) is 3.27. The topological polar surface area (TPSA) is 76.0 Å². The first-order chi connectivity index (χ1) is 10.4. The average Bonchev–Trinajstić information content (AvgIpc) is 2.90. The SMILES string of the molecule is CCNCCNS(=O)(=O)c1ccc(-n2cc(C)cn2)c(F)c1. The highest BCUT2D eigenvalue weighted by Crippen LogP contribution is 2.18. The minimum absolute atomic E-state index is 0.103. The van der Waals surface area contributed by atoms with E-state index in [1.54, 1.807) is 12.4 Å². The van der Waals surface area contributed by atoms with Gasteiger partial charge in [-0.25, -0.2) is 22.2 Å². The molecule has 1 aromatic heterocycles. The summed E-state index contributed by atoms with van der Waals surface area (Å²) in [5.74, 6) is -0.641. The van der Waals surface area contributed by atoms with Crippen molar-refractivity contribution < 1.29 is 12.8 Å². The van der Waals surface area contributed by atoms with Crippen molar-refractivity contribution in [1.82, 2.24) is 19.8 Å². The Hall–Kier alpha value is -1.77. The van der Waals surface area contributed by atoms with E-state index >= 15 is 0 Å². The number of sulfonamides is 1. The van der Waals surface area contributed by atoms with Crippen molar-refractivity contribution in [3.05, 3.63) is 42.0 Å². The zero-order valence-electron chi connectivity index (χ0n) is 12.5. The Morgan fingerprint density at radius 2 is 2.09 bits per heavy atom. The molecular formula is C14H19FN4O2S. The van der Waals surface area contributed by atoms with Gasteiger partial charge in [0.2, 0.25) is 10.0 Å². The Balaban J connectivity index is 2.18. The van der Waals surface area contributed by atoms with E-state index in [1.807, 2.05) is 13.8 Å². The molecule has 1 aromatic carbocycles. The van der Waals surface area contributed by atoms with Crippen LogP contribution in [0.15, 0.2) is 35.5 Å². The number of nitrogens with one attached hydrogen (secondary N) is 2. The summed E-state index contributed by atoms with van der Waals surface area (Å²) in [5.41, 5.74) is 1.10. The molecule has 0 saturated carbocycles. The highest BCUT2D eigenvalue weighted by molar-refractivity contribution is 7.89. The van der Waals surface area contributed by atoms with E-state index in [0.717, 1.165) is 18.2 Å². The maximum atomic E-state index is 14.2. The van der Waals surface area contributed by atoms with E-state index in [4.69, 9.17) is 0 Å². The van der Waals surface area contributed by atoms with Gasteiger partial charge in [-0.15, -0.1) is 0 Å². The van der Waals surface area contributed by atoms with Crippen molar-refractivity contribution in [1.29, 1.82) is 0 Å². The van der Waals surface area contributed by atoms with Crippen molar-refractivity contribution in [2.24, 2.45) is 0 Å². The molecule has 6 nitrogen and oxygen atoms in total. The first-order valence-corrected chi connectivity index (χ1v) is 8.44. The molecular weight excluding hydrogens is 307 g/mol. The van der Waals surface area contributed by atoms with Crippen LogP contribution in [-0.4, -0.2) is 37.8 Å². The van der Waals surface area contributed by atoms with Gasteiger partial charge in [0.25, 0.3) is 0 Å². The summed E-state index contributed by atoms with van der Waals surface area (Å²) in [4.78, 5) is -0.103. The Kier molecular flexibility index (Phi) is 5.28. The fourth-order valence-electron chi connectivity index (χ4n) is 1.92. The van der Waals surface area contributed by atoms with Gasteiger partial charge in [-0.05, 0) is 37.2 Å². The fraction of sp³-hybridized carbons (Fsp3) is 0.357. The van der Waals surface area contributed by atoms with Gasteiger partial charge in [0.1, 0.15) is 11.5 Å². The van der Waals surface area contributed by atoms with E-state index < -0.39 is 15.8 Å². The predicted molar refractivity (Wildman–Crippen MR) is 82.0 cm³/mol. The largest absolute Gasteiger partial charge is 0.316 e. The van der Waals surface area contributed by atoms with E-state index in [9.17, 15) is 12.8 Å². The third kappa shape index (κ3) is 3.90. The predicted octanol–water partition coefficient (Wildman–Crippen LogP) is 1.21. The maximum Gasteiger partial charge on any atom is 0.240 e. The smallest absolute Gasteiger partial charge is 0.240 e. The van der Waals surface area contributed by atoms with Crippen LogP contribution in [0.4, 0.5) is 4.39 Å². The van der Waals surface area contributed by atoms with E-state index in [0.29, 0.717) is 6.54 Å². The van der Waals surface area contributed by atoms with Gasteiger partial charge in [-0.3, -0.25) is 0 Å². The first-order valence-electron chi connectivity index (χ1n) is 6.95. The molecule has 0 aliphatic heterocycles. The lowest BCUT2D eigenvalue weighted by atomic mass is 10.3. The molecule has 0 atom stereocenters. The van der Waals surface area contributed by atoms with Crippen molar-refractivity contribution >= 4 is 10.0 Å². The van der Waals surface area contributed by atoms with Gasteiger partial charge in [0.05, 0.1) is 11.1 Å². The minimum Gasteiger partial charge on any atom is -0.316 e. The fourth-order valence-corrected chi connectivity index (χ4v) is 2.96. The minimum atomic E-state index is -3.72. The molecule has 0 saturated heterocycles. The molecule has 0 unspecified atom stereocenters. The Bertz CT molecular complexity index is 743. The molecule has 0 spiro atoms. The molecule has 8 heteroatoms. The number of aryl methyl sites for hydroxylation is 1. The zero-order chi connectivity index (χ0) is 16.2. The van der Waals surface area contributed by atoms with E-state index in [1.165, 1.54) is 16.8 Å². The van der Waals surface area contributed by atoms with Gasteiger partial charge >= 0.3 is 0 Å². The zero-order valence-corrected chi connectivity index (χ0v) is 13.3. The van der Waals surface area contributed by atoms with Gasteiger partial charge in [0, 0.05) is 19.3 Å². The standard InChI is InChI=1S/C14H19FN4O2S/c1-3-16-6-7-18-22(20,21)12-4-5-14(13(15)8-12)19-10-11(2)9-17-19/h4-5,8-10,16,18H,3,6-7H2,1-2H3. The van der Waals surface area contributed by atoms with Crippen molar-refractivity contribution in [3.8, 4) is 5.69 Å². The highest BCUT2D eigenvalue weighted by Gasteiger charge is 2.16. The Morgan fingerprint density at radius 1 is 1.32 bits per heavy atom. The third-order valence-electron chi connectivity index (χ3n) is 3.03. The second-order valence-corrected chi connectivity index (χ2v) is 6.59. The van der Waals surface area contributed by atoms with Crippen LogP contribution in [0.5, 0.6) is 0 Å². The van der Waals surface area contributed by atoms with Gasteiger partial charge in [-0.2, -0.15) is 5.10 Å². The monoisotopic (exact) mass is 326 g/mol. The van der Waals surface area contributed by atoms with E-state index in [-0.39, 0.29) is 17.1 Å². The van der Waals surface area contributed by atoms with Crippen molar-refractivity contribution in [2.45, 2.75) is 18.7 Å². The molecule has 22 heavy (non-hydrogen) atoms. The van der Waals surface area contributed by atoms with Gasteiger partial charge < -0.3 is 5.32 Å². The van der Waals surface area contributed by atoms with Crippen LogP contribution in [0.25, 0.3) is 5.69 Å². The number of rotatable bonds is 7. The summed E-state index contributed by atoms with van der Waals surface area (Å²) < 4.78 is 42.1. The highest BCUT2D eigenvalue weighted by atomic mass is 32.2. The number of likely N-dealkylation sites (N-methyl/N-ethyl adjacent to an activating group) is 1. The number of benzene rings is 1. The molecule has 0 amide bonds. The second-order valence-electron chi connectivity index (χ2n) is 4.83. The third-order valence-corrected chi connectivity index (χ3v) is 4.49. The lowest BCUT2D eigenvalue weighted by molar-refractivity contribution is 0.572. The van der Waals surface area contributed by atoms with Gasteiger partial charge in [-0.1, -0.05) is 6.92 Å². The molecule has 1 heterocycles. The normalized spacial score (nSPS) is 11.8. The molecule has 2 N–H and O–H groups in total. The number of halogens is 1. The Labute approximate surface area is 129 Å². The van der Waals surface area contributed by atoms with Crippen LogP contribution in [0.3, 0.4) is 0 Å². The summed E-state index contributed by atoms with van der Waals surface area (Å²) in [6, 6.07) is 3.77. The first kappa shape index (κ1) is 16.6. The summed E-state index contributed by atoms with van der Waals surface area (Å²) in [5, 5.41) is 7.02. The van der Waals surface area contributed by atoms with Crippen molar-refractivity contribution in [2.75, 3.05) is 19.6 Å².